The highest BCUT2D eigenvalue weighted by molar-refractivity contribution is 8.18. The molecule has 0 atom stereocenters. The molecule has 168 valence electrons. The zero-order valence-corrected chi connectivity index (χ0v) is 18.5. The first kappa shape index (κ1) is 22.2. The first-order valence-corrected chi connectivity index (χ1v) is 11.0. The summed E-state index contributed by atoms with van der Waals surface area (Å²) in [5.41, 5.74) is 1.21. The highest BCUT2D eigenvalue weighted by atomic mass is 32.2. The van der Waals surface area contributed by atoms with E-state index in [1.165, 1.54) is 28.9 Å². The molecule has 1 fully saturated rings. The largest absolute Gasteiger partial charge is 0.507 e. The molecule has 3 aromatic rings. The lowest BCUT2D eigenvalue weighted by molar-refractivity contribution is -0.122. The van der Waals surface area contributed by atoms with E-state index < -0.39 is 0 Å². The third-order valence-corrected chi connectivity index (χ3v) is 5.64. The molecule has 1 aromatic heterocycles. The van der Waals surface area contributed by atoms with E-state index in [9.17, 15) is 15.0 Å². The number of ether oxygens (including phenoxy) is 1. The number of amides is 1. The van der Waals surface area contributed by atoms with Crippen LogP contribution in [0.1, 0.15) is 23.8 Å². The van der Waals surface area contributed by atoms with Gasteiger partial charge in [-0.2, -0.15) is 5.10 Å². The molecule has 1 aliphatic heterocycles. The number of hydrogen-bond donors (Lipinski definition) is 2. The Kier molecular flexibility index (Phi) is 6.80. The fourth-order valence-corrected chi connectivity index (χ4v) is 4.00. The SMILES string of the molecule is CCOc1cc(/C=C2\S/C(=N/N=C\c3ccccc3O)N(Cc3ccco3)C2=O)ccc1O. The number of furan rings is 1. The number of carbonyl (C=O) groups excluding carboxylic acids is 1. The molecule has 2 heterocycles. The molecule has 1 aliphatic rings. The highest BCUT2D eigenvalue weighted by Crippen LogP contribution is 2.35. The number of para-hydroxylation sites is 1. The van der Waals surface area contributed by atoms with E-state index in [0.29, 0.717) is 39.3 Å². The zero-order chi connectivity index (χ0) is 23.2. The fraction of sp³-hybridized carbons (Fsp3) is 0.125. The maximum absolute atomic E-state index is 13.2. The third kappa shape index (κ3) is 5.27. The van der Waals surface area contributed by atoms with Gasteiger partial charge in [-0.05, 0) is 66.7 Å². The number of hydrogen-bond acceptors (Lipinski definition) is 8. The topological polar surface area (TPSA) is 108 Å². The van der Waals surface area contributed by atoms with Crippen molar-refractivity contribution in [1.29, 1.82) is 0 Å². The summed E-state index contributed by atoms with van der Waals surface area (Å²) in [4.78, 5) is 15.1. The fourth-order valence-electron chi connectivity index (χ4n) is 3.06. The van der Waals surface area contributed by atoms with Crippen LogP contribution in [-0.2, 0) is 11.3 Å². The Morgan fingerprint density at radius 3 is 2.73 bits per heavy atom. The Hall–Kier alpha value is -3.98. The zero-order valence-electron chi connectivity index (χ0n) is 17.7. The van der Waals surface area contributed by atoms with Gasteiger partial charge in [-0.1, -0.05) is 18.2 Å². The molecule has 4 rings (SSSR count). The van der Waals surface area contributed by atoms with Gasteiger partial charge in [0.05, 0.1) is 30.5 Å². The molecule has 0 unspecified atom stereocenters. The van der Waals surface area contributed by atoms with Crippen molar-refractivity contribution in [1.82, 2.24) is 4.90 Å². The van der Waals surface area contributed by atoms with Crippen molar-refractivity contribution in [2.75, 3.05) is 6.61 Å². The number of benzene rings is 2. The second kappa shape index (κ2) is 10.1. The van der Waals surface area contributed by atoms with Gasteiger partial charge in [0.2, 0.25) is 0 Å². The van der Waals surface area contributed by atoms with Gasteiger partial charge in [0, 0.05) is 5.56 Å². The molecule has 1 amide bonds. The first-order valence-electron chi connectivity index (χ1n) is 10.1. The lowest BCUT2D eigenvalue weighted by Gasteiger charge is -2.12. The molecule has 0 saturated carbocycles. The second-order valence-corrected chi connectivity index (χ2v) is 7.94. The predicted octanol–water partition coefficient (Wildman–Crippen LogP) is 4.60. The van der Waals surface area contributed by atoms with Gasteiger partial charge in [-0.15, -0.1) is 5.10 Å². The van der Waals surface area contributed by atoms with Crippen LogP contribution in [0, 0.1) is 0 Å². The number of aromatic hydroxyl groups is 2. The van der Waals surface area contributed by atoms with E-state index in [-0.39, 0.29) is 24.0 Å². The molecule has 0 spiro atoms. The van der Waals surface area contributed by atoms with E-state index in [1.807, 2.05) is 6.92 Å². The lowest BCUT2D eigenvalue weighted by Crippen LogP contribution is -2.28. The summed E-state index contributed by atoms with van der Waals surface area (Å²) in [6.07, 6.45) is 4.67. The summed E-state index contributed by atoms with van der Waals surface area (Å²) < 4.78 is 10.8. The van der Waals surface area contributed by atoms with Crippen molar-refractivity contribution in [3.05, 3.63) is 82.7 Å². The van der Waals surface area contributed by atoms with E-state index in [1.54, 1.807) is 60.9 Å². The van der Waals surface area contributed by atoms with Crippen LogP contribution in [0.25, 0.3) is 6.08 Å². The van der Waals surface area contributed by atoms with Gasteiger partial charge >= 0.3 is 0 Å². The van der Waals surface area contributed by atoms with Gasteiger partial charge < -0.3 is 19.4 Å². The average molecular weight is 464 g/mol. The molecule has 2 N–H and O–H groups in total. The molecular formula is C24H21N3O5S. The molecule has 0 bridgehead atoms. The molecule has 0 aliphatic carbocycles. The smallest absolute Gasteiger partial charge is 0.267 e. The highest BCUT2D eigenvalue weighted by Gasteiger charge is 2.34. The van der Waals surface area contributed by atoms with E-state index in [2.05, 4.69) is 10.2 Å². The van der Waals surface area contributed by atoms with Crippen molar-refractivity contribution in [3.8, 4) is 17.2 Å². The minimum absolute atomic E-state index is 0.0320. The van der Waals surface area contributed by atoms with Crippen LogP contribution in [0.2, 0.25) is 0 Å². The number of amidine groups is 1. The van der Waals surface area contributed by atoms with Crippen LogP contribution in [0.3, 0.4) is 0 Å². The molecule has 9 heteroatoms. The standard InChI is InChI=1S/C24H21N3O5S/c1-2-31-21-12-16(9-10-20(21)29)13-22-23(30)27(15-18-7-5-11-32-18)24(33-22)26-25-14-17-6-3-4-8-19(17)28/h3-14,28-29H,2,15H2,1H3/b22-13-,25-14-,26-24+. The molecular weight excluding hydrogens is 442 g/mol. The van der Waals surface area contributed by atoms with E-state index in [4.69, 9.17) is 9.15 Å². The van der Waals surface area contributed by atoms with Gasteiger partial charge in [0.25, 0.3) is 5.91 Å². The van der Waals surface area contributed by atoms with E-state index >= 15 is 0 Å². The Bertz CT molecular complexity index is 1230. The molecule has 8 nitrogen and oxygen atoms in total. The quantitative estimate of drug-likeness (QED) is 0.301. The van der Waals surface area contributed by atoms with E-state index in [0.717, 1.165) is 0 Å². The summed E-state index contributed by atoms with van der Waals surface area (Å²) in [5.74, 6) is 0.812. The normalized spacial score (nSPS) is 16.4. The number of nitrogens with zero attached hydrogens (tertiary/aromatic N) is 3. The van der Waals surface area contributed by atoms with Gasteiger partial charge in [0.1, 0.15) is 11.5 Å². The van der Waals surface area contributed by atoms with Crippen LogP contribution in [0.4, 0.5) is 0 Å². The molecule has 33 heavy (non-hydrogen) atoms. The Labute approximate surface area is 194 Å². The Morgan fingerprint density at radius 2 is 1.97 bits per heavy atom. The van der Waals surface area contributed by atoms with Crippen LogP contribution in [-0.4, -0.2) is 39.0 Å². The second-order valence-electron chi connectivity index (χ2n) is 6.93. The summed E-state index contributed by atoms with van der Waals surface area (Å²) in [5, 5.41) is 28.5. The van der Waals surface area contributed by atoms with Gasteiger partial charge in [0.15, 0.2) is 16.7 Å². The summed E-state index contributed by atoms with van der Waals surface area (Å²) >= 11 is 1.17. The minimum atomic E-state index is -0.251. The monoisotopic (exact) mass is 463 g/mol. The predicted molar refractivity (Wildman–Crippen MR) is 127 cm³/mol. The molecule has 2 aromatic carbocycles. The maximum Gasteiger partial charge on any atom is 0.267 e. The van der Waals surface area contributed by atoms with Crippen LogP contribution in [0.5, 0.6) is 17.2 Å². The number of carbonyl (C=O) groups is 1. The van der Waals surface area contributed by atoms with Crippen molar-refractivity contribution in [3.63, 3.8) is 0 Å². The van der Waals surface area contributed by atoms with Gasteiger partial charge in [-0.3, -0.25) is 9.69 Å². The Balaban J connectivity index is 1.64. The van der Waals surface area contributed by atoms with Crippen molar-refractivity contribution >= 4 is 35.1 Å². The van der Waals surface area contributed by atoms with Gasteiger partial charge in [-0.25, -0.2) is 0 Å². The van der Waals surface area contributed by atoms with Crippen molar-refractivity contribution in [2.45, 2.75) is 13.5 Å². The number of rotatable bonds is 7. The van der Waals surface area contributed by atoms with Crippen LogP contribution >= 0.6 is 11.8 Å². The number of thioether (sulfide) groups is 1. The van der Waals surface area contributed by atoms with Crippen molar-refractivity contribution in [2.24, 2.45) is 10.2 Å². The maximum atomic E-state index is 13.2. The molecule has 0 radical (unpaired) electrons. The van der Waals surface area contributed by atoms with Crippen LogP contribution < -0.4 is 4.74 Å². The Morgan fingerprint density at radius 1 is 1.12 bits per heavy atom. The third-order valence-electron chi connectivity index (χ3n) is 4.64. The number of phenols is 2. The first-order chi connectivity index (χ1) is 16.0. The summed E-state index contributed by atoms with van der Waals surface area (Å²) in [7, 11) is 0. The average Bonchev–Trinajstić information content (AvgIpc) is 3.42. The number of phenolic OH excluding ortho intramolecular Hbond substituents is 2. The van der Waals surface area contributed by atoms with Crippen LogP contribution in [0.15, 0.2) is 80.4 Å². The van der Waals surface area contributed by atoms with Crippen molar-refractivity contribution < 1.29 is 24.2 Å². The summed E-state index contributed by atoms with van der Waals surface area (Å²) in [6.45, 7) is 2.43. The minimum Gasteiger partial charge on any atom is -0.507 e. The lowest BCUT2D eigenvalue weighted by atomic mass is 10.2. The summed E-state index contributed by atoms with van der Waals surface area (Å²) in [6, 6.07) is 15.2. The molecule has 1 saturated heterocycles.